The monoisotopic (exact) mass is 471 g/mol. The highest BCUT2D eigenvalue weighted by molar-refractivity contribution is 5.94. The van der Waals surface area contributed by atoms with Crippen LogP contribution in [0.15, 0.2) is 0 Å². The minimum atomic E-state index is -1.41. The molecule has 12 heteroatoms. The Morgan fingerprint density at radius 2 is 1.64 bits per heavy atom. The standard InChI is InChI=1S/C21H37N5O7/c1-12(2)17(26-18(29)13-7-5-11-23-13)20(31)24-14(6-3-4-10-22)19(30)25-15(21(32)33)8-9-16(27)28/h12-15,17,23H,3-11,22H2,1-2H3,(H,24,31)(H,25,30)(H,26,29)(H,27,28)(H,32,33). The molecule has 8 N–H and O–H groups in total. The number of unbranched alkanes of at least 4 members (excludes halogenated alkanes) is 1. The molecule has 1 saturated heterocycles. The molecule has 0 saturated carbocycles. The van der Waals surface area contributed by atoms with Crippen molar-refractivity contribution in [1.82, 2.24) is 21.3 Å². The summed E-state index contributed by atoms with van der Waals surface area (Å²) < 4.78 is 0. The Morgan fingerprint density at radius 3 is 2.15 bits per heavy atom. The van der Waals surface area contributed by atoms with Gasteiger partial charge in [0.05, 0.1) is 6.04 Å². The normalized spacial score (nSPS) is 18.2. The second-order valence-corrected chi connectivity index (χ2v) is 8.56. The summed E-state index contributed by atoms with van der Waals surface area (Å²) in [6.45, 7) is 4.65. The fourth-order valence-electron chi connectivity index (χ4n) is 3.52. The van der Waals surface area contributed by atoms with E-state index in [-0.39, 0.29) is 30.7 Å². The van der Waals surface area contributed by atoms with Crippen LogP contribution in [0.1, 0.15) is 58.8 Å². The number of carboxylic acid groups (broad SMARTS) is 2. The van der Waals surface area contributed by atoms with E-state index in [4.69, 9.17) is 10.8 Å². The molecular weight excluding hydrogens is 434 g/mol. The molecule has 0 aromatic heterocycles. The van der Waals surface area contributed by atoms with Crippen LogP contribution in [0.2, 0.25) is 0 Å². The number of rotatable bonds is 15. The molecule has 4 unspecified atom stereocenters. The van der Waals surface area contributed by atoms with Crippen LogP contribution in [0.25, 0.3) is 0 Å². The number of amides is 3. The van der Waals surface area contributed by atoms with E-state index in [2.05, 4.69) is 21.3 Å². The van der Waals surface area contributed by atoms with Crippen LogP contribution < -0.4 is 27.0 Å². The molecule has 1 aliphatic heterocycles. The number of carboxylic acids is 2. The number of carbonyl (C=O) groups is 5. The predicted molar refractivity (Wildman–Crippen MR) is 119 cm³/mol. The minimum absolute atomic E-state index is 0.211. The van der Waals surface area contributed by atoms with Crippen molar-refractivity contribution in [1.29, 1.82) is 0 Å². The lowest BCUT2D eigenvalue weighted by atomic mass is 10.0. The molecule has 0 spiro atoms. The second kappa shape index (κ2) is 14.4. The van der Waals surface area contributed by atoms with E-state index in [0.29, 0.717) is 25.8 Å². The average molecular weight is 472 g/mol. The van der Waals surface area contributed by atoms with Crippen LogP contribution in [0.4, 0.5) is 0 Å². The first-order chi connectivity index (χ1) is 15.6. The number of hydrogen-bond donors (Lipinski definition) is 7. The summed E-state index contributed by atoms with van der Waals surface area (Å²) in [7, 11) is 0. The lowest BCUT2D eigenvalue weighted by molar-refractivity contribution is -0.143. The molecule has 4 atom stereocenters. The highest BCUT2D eigenvalue weighted by atomic mass is 16.4. The molecule has 0 aliphatic carbocycles. The Balaban J connectivity index is 2.88. The summed E-state index contributed by atoms with van der Waals surface area (Å²) in [6.07, 6.45) is 2.13. The molecule has 0 bridgehead atoms. The van der Waals surface area contributed by atoms with Crippen molar-refractivity contribution in [3.8, 4) is 0 Å². The molecule has 1 rings (SSSR count). The van der Waals surface area contributed by atoms with Gasteiger partial charge in [0.25, 0.3) is 0 Å². The SMILES string of the molecule is CC(C)C(NC(=O)C1CCCN1)C(=O)NC(CCCCN)C(=O)NC(CCC(=O)O)C(=O)O. The number of nitrogens with two attached hydrogens (primary N) is 1. The topological polar surface area (TPSA) is 200 Å². The van der Waals surface area contributed by atoms with E-state index in [0.717, 1.165) is 13.0 Å². The van der Waals surface area contributed by atoms with Gasteiger partial charge in [0.1, 0.15) is 18.1 Å². The molecule has 0 aromatic carbocycles. The van der Waals surface area contributed by atoms with Gasteiger partial charge in [-0.25, -0.2) is 4.79 Å². The highest BCUT2D eigenvalue weighted by Gasteiger charge is 2.32. The van der Waals surface area contributed by atoms with E-state index in [1.165, 1.54) is 0 Å². The summed E-state index contributed by atoms with van der Waals surface area (Å²) >= 11 is 0. The summed E-state index contributed by atoms with van der Waals surface area (Å²) in [5, 5.41) is 28.9. The zero-order valence-corrected chi connectivity index (χ0v) is 19.3. The van der Waals surface area contributed by atoms with Crippen LogP contribution in [0, 0.1) is 5.92 Å². The van der Waals surface area contributed by atoms with Crippen LogP contribution in [0.5, 0.6) is 0 Å². The Kier molecular flexibility index (Phi) is 12.4. The lowest BCUT2D eigenvalue weighted by Crippen LogP contribution is -2.58. The third-order valence-corrected chi connectivity index (χ3v) is 5.47. The molecule has 3 amide bonds. The fraction of sp³-hybridized carbons (Fsp3) is 0.762. The Bertz CT molecular complexity index is 694. The van der Waals surface area contributed by atoms with Crippen LogP contribution in [-0.4, -0.2) is 77.1 Å². The highest BCUT2D eigenvalue weighted by Crippen LogP contribution is 2.10. The van der Waals surface area contributed by atoms with Crippen LogP contribution in [-0.2, 0) is 24.0 Å². The van der Waals surface area contributed by atoms with Gasteiger partial charge in [0, 0.05) is 6.42 Å². The Morgan fingerprint density at radius 1 is 0.970 bits per heavy atom. The molecule has 1 aliphatic rings. The van der Waals surface area contributed by atoms with Crippen molar-refractivity contribution in [2.45, 2.75) is 83.0 Å². The molecule has 1 fully saturated rings. The molecular formula is C21H37N5O7. The second-order valence-electron chi connectivity index (χ2n) is 8.56. The molecule has 12 nitrogen and oxygen atoms in total. The Labute approximate surface area is 193 Å². The Hall–Kier alpha value is -2.73. The number of nitrogens with one attached hydrogen (secondary N) is 4. The van der Waals surface area contributed by atoms with Gasteiger partial charge >= 0.3 is 11.9 Å². The summed E-state index contributed by atoms with van der Waals surface area (Å²) in [5.41, 5.74) is 5.51. The smallest absolute Gasteiger partial charge is 0.326 e. The van der Waals surface area contributed by atoms with E-state index < -0.39 is 48.3 Å². The fourth-order valence-corrected chi connectivity index (χ4v) is 3.52. The van der Waals surface area contributed by atoms with E-state index >= 15 is 0 Å². The maximum Gasteiger partial charge on any atom is 0.326 e. The lowest BCUT2D eigenvalue weighted by Gasteiger charge is -2.27. The van der Waals surface area contributed by atoms with Crippen LogP contribution >= 0.6 is 0 Å². The largest absolute Gasteiger partial charge is 0.481 e. The van der Waals surface area contributed by atoms with Gasteiger partial charge in [-0.2, -0.15) is 0 Å². The van der Waals surface area contributed by atoms with Gasteiger partial charge in [-0.05, 0) is 57.5 Å². The van der Waals surface area contributed by atoms with Gasteiger partial charge in [-0.15, -0.1) is 0 Å². The van der Waals surface area contributed by atoms with Crippen LogP contribution in [0.3, 0.4) is 0 Å². The molecule has 1 heterocycles. The van der Waals surface area contributed by atoms with Crippen molar-refractivity contribution >= 4 is 29.7 Å². The van der Waals surface area contributed by atoms with E-state index in [9.17, 15) is 29.1 Å². The first-order valence-corrected chi connectivity index (χ1v) is 11.4. The van der Waals surface area contributed by atoms with Gasteiger partial charge in [-0.3, -0.25) is 19.2 Å². The van der Waals surface area contributed by atoms with Crippen molar-refractivity contribution < 1.29 is 34.2 Å². The van der Waals surface area contributed by atoms with E-state index in [1.54, 1.807) is 13.8 Å². The predicted octanol–water partition coefficient (Wildman–Crippen LogP) is -1.07. The van der Waals surface area contributed by atoms with Crippen molar-refractivity contribution in [2.75, 3.05) is 13.1 Å². The first kappa shape index (κ1) is 28.3. The quantitative estimate of drug-likeness (QED) is 0.145. The first-order valence-electron chi connectivity index (χ1n) is 11.4. The van der Waals surface area contributed by atoms with Gasteiger partial charge in [-0.1, -0.05) is 13.8 Å². The molecule has 0 aromatic rings. The number of hydrogen-bond acceptors (Lipinski definition) is 7. The summed E-state index contributed by atoms with van der Waals surface area (Å²) in [4.78, 5) is 60.5. The minimum Gasteiger partial charge on any atom is -0.481 e. The number of aliphatic carboxylic acids is 2. The van der Waals surface area contributed by atoms with E-state index in [1.807, 2.05) is 0 Å². The zero-order chi connectivity index (χ0) is 25.0. The van der Waals surface area contributed by atoms with Crippen molar-refractivity contribution in [3.63, 3.8) is 0 Å². The van der Waals surface area contributed by atoms with Gasteiger partial charge in [0.15, 0.2) is 0 Å². The average Bonchev–Trinajstić information content (AvgIpc) is 3.28. The third-order valence-electron chi connectivity index (χ3n) is 5.47. The third kappa shape index (κ3) is 10.2. The van der Waals surface area contributed by atoms with Gasteiger partial charge < -0.3 is 37.2 Å². The molecule has 33 heavy (non-hydrogen) atoms. The summed E-state index contributed by atoms with van der Waals surface area (Å²) in [5.74, 6) is -4.38. The zero-order valence-electron chi connectivity index (χ0n) is 19.3. The maximum absolute atomic E-state index is 13.0. The number of carbonyl (C=O) groups excluding carboxylic acids is 3. The molecule has 188 valence electrons. The molecule has 0 radical (unpaired) electrons. The summed E-state index contributed by atoms with van der Waals surface area (Å²) in [6, 6.07) is -3.71. The van der Waals surface area contributed by atoms with Gasteiger partial charge in [0.2, 0.25) is 17.7 Å². The van der Waals surface area contributed by atoms with Crippen molar-refractivity contribution in [3.05, 3.63) is 0 Å². The maximum atomic E-state index is 13.0. The van der Waals surface area contributed by atoms with Crippen molar-refractivity contribution in [2.24, 2.45) is 11.7 Å².